The second-order valence-corrected chi connectivity index (χ2v) is 3.30. The molecule has 1 rings (SSSR count). The van der Waals surface area contributed by atoms with Gasteiger partial charge in [-0.3, -0.25) is 14.9 Å². The van der Waals surface area contributed by atoms with Crippen molar-refractivity contribution >= 4 is 17.3 Å². The Hall–Kier alpha value is -2.31. The molecule has 1 aromatic rings. The molecule has 0 aliphatic heterocycles. The van der Waals surface area contributed by atoms with E-state index in [1.54, 1.807) is 6.92 Å². The highest BCUT2D eigenvalue weighted by Gasteiger charge is 2.12. The van der Waals surface area contributed by atoms with E-state index in [0.717, 1.165) is 0 Å². The number of rotatable bonds is 6. The molecule has 0 aromatic heterocycles. The van der Waals surface area contributed by atoms with Gasteiger partial charge in [0.2, 0.25) is 0 Å². The van der Waals surface area contributed by atoms with E-state index in [1.807, 2.05) is 0 Å². The fourth-order valence-electron chi connectivity index (χ4n) is 1.33. The molecule has 0 heterocycles. The molecule has 1 N–H and O–H groups in total. The molecule has 0 radical (unpaired) electrons. The van der Waals surface area contributed by atoms with Crippen LogP contribution in [0.25, 0.3) is 0 Å². The summed E-state index contributed by atoms with van der Waals surface area (Å²) in [6.45, 7) is 1.91. The highest BCUT2D eigenvalue weighted by atomic mass is 16.6. The number of methoxy groups -OCH3 is 1. The first-order chi connectivity index (χ1) is 8.58. The lowest BCUT2D eigenvalue weighted by Crippen LogP contribution is -2.17. The van der Waals surface area contributed by atoms with Gasteiger partial charge in [-0.2, -0.15) is 0 Å². The number of anilines is 1. The van der Waals surface area contributed by atoms with Crippen LogP contribution in [0.4, 0.5) is 11.4 Å². The van der Waals surface area contributed by atoms with Crippen molar-refractivity contribution in [3.05, 3.63) is 28.3 Å². The maximum atomic E-state index is 11.2. The Labute approximate surface area is 104 Å². The number of carbonyl (C=O) groups excluding carboxylic acids is 1. The fourth-order valence-corrected chi connectivity index (χ4v) is 1.33. The largest absolute Gasteiger partial charge is 0.495 e. The summed E-state index contributed by atoms with van der Waals surface area (Å²) in [5.41, 5.74) is 0.293. The molecular weight excluding hydrogens is 240 g/mol. The molecule has 1 aromatic carbocycles. The zero-order valence-electron chi connectivity index (χ0n) is 10.1. The van der Waals surface area contributed by atoms with Gasteiger partial charge in [0.25, 0.3) is 5.69 Å². The Morgan fingerprint density at radius 1 is 1.50 bits per heavy atom. The zero-order chi connectivity index (χ0) is 13.5. The quantitative estimate of drug-likeness (QED) is 0.471. The van der Waals surface area contributed by atoms with Gasteiger partial charge < -0.3 is 14.8 Å². The smallest absolute Gasteiger partial charge is 0.325 e. The fraction of sp³-hybridized carbons (Fsp3) is 0.364. The summed E-state index contributed by atoms with van der Waals surface area (Å²) in [5, 5.41) is 13.4. The van der Waals surface area contributed by atoms with E-state index in [-0.39, 0.29) is 18.8 Å². The van der Waals surface area contributed by atoms with Crippen molar-refractivity contribution < 1.29 is 19.2 Å². The van der Waals surface area contributed by atoms with Crippen LogP contribution >= 0.6 is 0 Å². The Bertz CT molecular complexity index is 447. The second kappa shape index (κ2) is 6.43. The molecule has 0 unspecified atom stereocenters. The molecule has 0 aliphatic rings. The molecule has 0 fully saturated rings. The van der Waals surface area contributed by atoms with Gasteiger partial charge in [-0.1, -0.05) is 0 Å². The van der Waals surface area contributed by atoms with Crippen LogP contribution in [0.5, 0.6) is 5.75 Å². The van der Waals surface area contributed by atoms with E-state index < -0.39 is 10.9 Å². The van der Waals surface area contributed by atoms with Crippen LogP contribution in [-0.2, 0) is 9.53 Å². The highest BCUT2D eigenvalue weighted by molar-refractivity contribution is 5.76. The molecular formula is C11H14N2O5. The molecule has 7 heteroatoms. The summed E-state index contributed by atoms with van der Waals surface area (Å²) in [4.78, 5) is 21.3. The van der Waals surface area contributed by atoms with Gasteiger partial charge in [-0.15, -0.1) is 0 Å². The topological polar surface area (TPSA) is 90.7 Å². The van der Waals surface area contributed by atoms with Crippen LogP contribution in [0.3, 0.4) is 0 Å². The van der Waals surface area contributed by atoms with Crippen molar-refractivity contribution in [2.24, 2.45) is 0 Å². The van der Waals surface area contributed by atoms with Gasteiger partial charge in [-0.25, -0.2) is 0 Å². The first kappa shape index (κ1) is 13.8. The Morgan fingerprint density at radius 2 is 2.22 bits per heavy atom. The number of carbonyl (C=O) groups is 1. The van der Waals surface area contributed by atoms with Crippen molar-refractivity contribution in [1.82, 2.24) is 0 Å². The maximum absolute atomic E-state index is 11.2. The van der Waals surface area contributed by atoms with Gasteiger partial charge in [0.05, 0.1) is 24.3 Å². The second-order valence-electron chi connectivity index (χ2n) is 3.30. The first-order valence-corrected chi connectivity index (χ1v) is 5.30. The van der Waals surface area contributed by atoms with E-state index in [9.17, 15) is 14.9 Å². The van der Waals surface area contributed by atoms with E-state index in [4.69, 9.17) is 9.47 Å². The predicted octanol–water partition coefficient (Wildman–Crippen LogP) is 1.58. The van der Waals surface area contributed by atoms with Crippen LogP contribution in [0, 0.1) is 10.1 Å². The minimum atomic E-state index is -0.519. The van der Waals surface area contributed by atoms with E-state index in [0.29, 0.717) is 11.4 Å². The number of benzene rings is 1. The van der Waals surface area contributed by atoms with Crippen molar-refractivity contribution in [1.29, 1.82) is 0 Å². The maximum Gasteiger partial charge on any atom is 0.325 e. The van der Waals surface area contributed by atoms with Gasteiger partial charge in [-0.05, 0) is 13.0 Å². The zero-order valence-corrected chi connectivity index (χ0v) is 10.1. The Kier molecular flexibility index (Phi) is 4.91. The van der Waals surface area contributed by atoms with Crippen molar-refractivity contribution in [3.8, 4) is 5.75 Å². The number of esters is 1. The predicted molar refractivity (Wildman–Crippen MR) is 64.8 cm³/mol. The monoisotopic (exact) mass is 254 g/mol. The molecule has 0 saturated heterocycles. The van der Waals surface area contributed by atoms with Crippen LogP contribution in [-0.4, -0.2) is 31.2 Å². The third-order valence-electron chi connectivity index (χ3n) is 2.12. The SMILES string of the molecule is CCOC(=O)CNc1cc([N+](=O)[O-])ccc1OC. The van der Waals surface area contributed by atoms with Crippen molar-refractivity contribution in [2.45, 2.75) is 6.92 Å². The number of hydrogen-bond donors (Lipinski definition) is 1. The Morgan fingerprint density at radius 3 is 2.78 bits per heavy atom. The van der Waals surface area contributed by atoms with E-state index >= 15 is 0 Å². The molecule has 0 saturated carbocycles. The lowest BCUT2D eigenvalue weighted by atomic mass is 10.2. The average Bonchev–Trinajstić information content (AvgIpc) is 2.36. The van der Waals surface area contributed by atoms with Crippen molar-refractivity contribution in [3.63, 3.8) is 0 Å². The molecule has 0 aliphatic carbocycles. The third kappa shape index (κ3) is 3.62. The highest BCUT2D eigenvalue weighted by Crippen LogP contribution is 2.28. The third-order valence-corrected chi connectivity index (χ3v) is 2.12. The van der Waals surface area contributed by atoms with Crippen LogP contribution in [0.2, 0.25) is 0 Å². The molecule has 98 valence electrons. The van der Waals surface area contributed by atoms with E-state index in [2.05, 4.69) is 5.32 Å². The summed E-state index contributed by atoms with van der Waals surface area (Å²) in [5.74, 6) is -0.0176. The van der Waals surface area contributed by atoms with Gasteiger partial charge in [0.1, 0.15) is 12.3 Å². The number of nitro benzene ring substituents is 1. The van der Waals surface area contributed by atoms with Crippen molar-refractivity contribution in [2.75, 3.05) is 25.6 Å². The van der Waals surface area contributed by atoms with Crippen LogP contribution < -0.4 is 10.1 Å². The van der Waals surface area contributed by atoms with Gasteiger partial charge in [0, 0.05) is 12.1 Å². The lowest BCUT2D eigenvalue weighted by Gasteiger charge is -2.10. The van der Waals surface area contributed by atoms with Gasteiger partial charge in [0.15, 0.2) is 0 Å². The molecule has 18 heavy (non-hydrogen) atoms. The number of nitrogens with zero attached hydrogens (tertiary/aromatic N) is 1. The summed E-state index contributed by atoms with van der Waals surface area (Å²) in [6, 6.07) is 4.10. The number of hydrogen-bond acceptors (Lipinski definition) is 6. The van der Waals surface area contributed by atoms with E-state index in [1.165, 1.54) is 25.3 Å². The molecule has 0 amide bonds. The standard InChI is InChI=1S/C11H14N2O5/c1-3-18-11(14)7-12-9-6-8(13(15)16)4-5-10(9)17-2/h4-6,12H,3,7H2,1-2H3. The molecule has 0 spiro atoms. The molecule has 0 atom stereocenters. The van der Waals surface area contributed by atoms with Crippen LogP contribution in [0.15, 0.2) is 18.2 Å². The summed E-state index contributed by atoms with van der Waals surface area (Å²) in [6.07, 6.45) is 0. The number of nitro groups is 1. The molecule has 0 bridgehead atoms. The first-order valence-electron chi connectivity index (χ1n) is 5.30. The Balaban J connectivity index is 2.81. The number of non-ortho nitro benzene ring substituents is 1. The summed E-state index contributed by atoms with van der Waals surface area (Å²) >= 11 is 0. The number of nitrogens with one attached hydrogen (secondary N) is 1. The van der Waals surface area contributed by atoms with Gasteiger partial charge >= 0.3 is 5.97 Å². The normalized spacial score (nSPS) is 9.67. The minimum Gasteiger partial charge on any atom is -0.495 e. The lowest BCUT2D eigenvalue weighted by molar-refractivity contribution is -0.384. The summed E-state index contributed by atoms with van der Waals surface area (Å²) in [7, 11) is 1.44. The average molecular weight is 254 g/mol. The minimum absolute atomic E-state index is 0.0780. The molecule has 7 nitrogen and oxygen atoms in total. The van der Waals surface area contributed by atoms with Crippen LogP contribution in [0.1, 0.15) is 6.92 Å². The number of ether oxygens (including phenoxy) is 2. The summed E-state index contributed by atoms with van der Waals surface area (Å²) < 4.78 is 9.77.